The number of hydrogen-bond acceptors (Lipinski definition) is 11. The molecule has 3 aromatic heterocycles. The maximum atomic E-state index is 12.5. The fourth-order valence-electron chi connectivity index (χ4n) is 3.59. The van der Waals surface area contributed by atoms with Gasteiger partial charge in [-0.1, -0.05) is 0 Å². The minimum Gasteiger partial charge on any atom is -0.477 e. The molecular formula is C24H29N7O3S2. The summed E-state index contributed by atoms with van der Waals surface area (Å²) in [5.41, 5.74) is 2.40. The van der Waals surface area contributed by atoms with Crippen molar-refractivity contribution in [3.05, 3.63) is 47.6 Å². The number of anilines is 1. The Morgan fingerprint density at radius 1 is 1.31 bits per heavy atom. The van der Waals surface area contributed by atoms with E-state index in [0.29, 0.717) is 41.1 Å². The predicted octanol–water partition coefficient (Wildman–Crippen LogP) is 3.25. The maximum absolute atomic E-state index is 12.5. The van der Waals surface area contributed by atoms with Crippen molar-refractivity contribution in [2.75, 3.05) is 31.5 Å². The molecule has 1 saturated carbocycles. The zero-order chi connectivity index (χ0) is 24.9. The van der Waals surface area contributed by atoms with Gasteiger partial charge in [0.05, 0.1) is 54.9 Å². The summed E-state index contributed by atoms with van der Waals surface area (Å²) < 4.78 is 13.9. The first-order valence-electron chi connectivity index (χ1n) is 12.0. The molecule has 0 bridgehead atoms. The highest BCUT2D eigenvalue weighted by atomic mass is 32.2. The SMILES string of the molecule is CCOc1cncc(-c2cnc(C(=O)NCc3cc(NSC4CC4)ccn3)s2)n1.CN1CC2OCC21. The van der Waals surface area contributed by atoms with E-state index < -0.39 is 0 Å². The van der Waals surface area contributed by atoms with Crippen LogP contribution in [0.5, 0.6) is 5.88 Å². The zero-order valence-corrected chi connectivity index (χ0v) is 21.8. The lowest BCUT2D eigenvalue weighted by molar-refractivity contribution is -0.205. The highest BCUT2D eigenvalue weighted by Crippen LogP contribution is 2.34. The summed E-state index contributed by atoms with van der Waals surface area (Å²) in [5, 5.41) is 3.94. The van der Waals surface area contributed by atoms with Gasteiger partial charge < -0.3 is 19.5 Å². The van der Waals surface area contributed by atoms with Crippen molar-refractivity contribution < 1.29 is 14.3 Å². The molecule has 3 aliphatic rings. The number of thiazole rings is 1. The van der Waals surface area contributed by atoms with Crippen LogP contribution in [0.25, 0.3) is 10.6 Å². The molecule has 12 heteroatoms. The first kappa shape index (κ1) is 24.9. The molecule has 2 aliphatic heterocycles. The van der Waals surface area contributed by atoms with Crippen LogP contribution in [0.2, 0.25) is 0 Å². The van der Waals surface area contributed by atoms with Gasteiger partial charge in [-0.25, -0.2) is 9.97 Å². The minimum atomic E-state index is -0.248. The van der Waals surface area contributed by atoms with E-state index in [0.717, 1.165) is 35.5 Å². The number of hydrogen-bond donors (Lipinski definition) is 2. The predicted molar refractivity (Wildman–Crippen MR) is 140 cm³/mol. The fraction of sp³-hybridized carbons (Fsp3) is 0.458. The molecule has 2 saturated heterocycles. The molecule has 6 rings (SSSR count). The van der Waals surface area contributed by atoms with Gasteiger partial charge in [-0.15, -0.1) is 11.3 Å². The lowest BCUT2D eigenvalue weighted by Crippen LogP contribution is -2.68. The van der Waals surface area contributed by atoms with Crippen LogP contribution in [0.1, 0.15) is 35.3 Å². The number of nitrogens with zero attached hydrogens (tertiary/aromatic N) is 5. The van der Waals surface area contributed by atoms with E-state index in [4.69, 9.17) is 9.47 Å². The second-order valence-corrected chi connectivity index (χ2v) is 10.9. The molecule has 2 atom stereocenters. The topological polar surface area (TPSA) is 114 Å². The molecule has 1 aliphatic carbocycles. The van der Waals surface area contributed by atoms with Crippen molar-refractivity contribution in [2.24, 2.45) is 0 Å². The van der Waals surface area contributed by atoms with E-state index in [9.17, 15) is 4.79 Å². The Labute approximate surface area is 218 Å². The van der Waals surface area contributed by atoms with Crippen LogP contribution in [0.4, 0.5) is 5.69 Å². The quantitative estimate of drug-likeness (QED) is 0.402. The molecule has 3 fully saturated rings. The Balaban J connectivity index is 0.000000323. The van der Waals surface area contributed by atoms with Gasteiger partial charge in [0.2, 0.25) is 5.88 Å². The molecule has 2 N–H and O–H groups in total. The first-order chi connectivity index (χ1) is 17.6. The van der Waals surface area contributed by atoms with Crippen molar-refractivity contribution >= 4 is 34.9 Å². The monoisotopic (exact) mass is 527 g/mol. The molecular weight excluding hydrogens is 498 g/mol. The Hall–Kier alpha value is -2.80. The number of pyridine rings is 1. The van der Waals surface area contributed by atoms with Gasteiger partial charge >= 0.3 is 0 Å². The third-order valence-electron chi connectivity index (χ3n) is 5.92. The van der Waals surface area contributed by atoms with Crippen molar-refractivity contribution in [2.45, 2.75) is 43.7 Å². The second kappa shape index (κ2) is 11.5. The number of carbonyl (C=O) groups excluding carboxylic acids is 1. The van der Waals surface area contributed by atoms with Crippen LogP contribution in [-0.2, 0) is 11.3 Å². The number of nitrogens with one attached hydrogen (secondary N) is 2. The van der Waals surface area contributed by atoms with E-state index in [1.54, 1.807) is 36.7 Å². The molecule has 190 valence electrons. The van der Waals surface area contributed by atoms with Crippen LogP contribution in [0.3, 0.4) is 0 Å². The van der Waals surface area contributed by atoms with E-state index >= 15 is 0 Å². The molecule has 0 spiro atoms. The Morgan fingerprint density at radius 2 is 2.19 bits per heavy atom. The van der Waals surface area contributed by atoms with Gasteiger partial charge in [0.25, 0.3) is 5.91 Å². The lowest BCUT2D eigenvalue weighted by Gasteiger charge is -2.53. The molecule has 5 heterocycles. The lowest BCUT2D eigenvalue weighted by atomic mass is 9.96. The number of amides is 1. The summed E-state index contributed by atoms with van der Waals surface area (Å²) in [6.07, 6.45) is 9.69. The Morgan fingerprint density at radius 3 is 2.86 bits per heavy atom. The van der Waals surface area contributed by atoms with Gasteiger partial charge in [-0.3, -0.25) is 19.7 Å². The number of ether oxygens (including phenoxy) is 2. The average molecular weight is 528 g/mol. The Kier molecular flexibility index (Phi) is 7.95. The number of aromatic nitrogens is 4. The summed E-state index contributed by atoms with van der Waals surface area (Å²) in [7, 11) is 2.14. The molecule has 2 unspecified atom stereocenters. The third-order valence-corrected chi connectivity index (χ3v) is 8.09. The standard InChI is InChI=1S/C19H20N6O2S2.C5H9NO/c1-2-27-17-11-20-9-15(24-17)16-10-23-19(28-16)18(26)22-8-13-7-12(5-6-21-13)25-29-14-3-4-14;1-6-2-5-4(6)3-7-5/h5-7,9-11,14H,2-4,8H2,1H3,(H,21,25)(H,22,26);4-5H,2-3H2,1H3. The molecule has 36 heavy (non-hydrogen) atoms. The van der Waals surface area contributed by atoms with E-state index in [2.05, 4.69) is 41.9 Å². The van der Waals surface area contributed by atoms with Gasteiger partial charge in [0, 0.05) is 29.9 Å². The number of morpholine rings is 1. The summed E-state index contributed by atoms with van der Waals surface area (Å²) in [6, 6.07) is 4.66. The second-order valence-electron chi connectivity index (χ2n) is 8.72. The van der Waals surface area contributed by atoms with Gasteiger partial charge in [0.15, 0.2) is 5.01 Å². The first-order valence-corrected chi connectivity index (χ1v) is 13.7. The summed E-state index contributed by atoms with van der Waals surface area (Å²) >= 11 is 3.00. The van der Waals surface area contributed by atoms with Gasteiger partial charge in [-0.05, 0) is 50.9 Å². The minimum absolute atomic E-state index is 0.248. The fourth-order valence-corrected chi connectivity index (χ4v) is 5.18. The van der Waals surface area contributed by atoms with E-state index in [1.807, 2.05) is 19.1 Å². The highest BCUT2D eigenvalue weighted by molar-refractivity contribution is 8.01. The average Bonchev–Trinajstić information content (AvgIpc) is 3.58. The van der Waals surface area contributed by atoms with Gasteiger partial charge in [-0.2, -0.15) is 0 Å². The van der Waals surface area contributed by atoms with Crippen molar-refractivity contribution in [3.8, 4) is 16.5 Å². The largest absolute Gasteiger partial charge is 0.477 e. The van der Waals surface area contributed by atoms with Crippen LogP contribution in [0, 0.1) is 0 Å². The number of likely N-dealkylation sites (N-methyl/N-ethyl adjacent to an activating group) is 1. The smallest absolute Gasteiger partial charge is 0.280 e. The third kappa shape index (κ3) is 6.30. The van der Waals surface area contributed by atoms with Crippen LogP contribution in [0.15, 0.2) is 36.9 Å². The summed E-state index contributed by atoms with van der Waals surface area (Å²) in [4.78, 5) is 32.6. The Bertz CT molecular complexity index is 1190. The van der Waals surface area contributed by atoms with Gasteiger partial charge in [0.1, 0.15) is 5.69 Å². The van der Waals surface area contributed by atoms with Crippen molar-refractivity contribution in [1.82, 2.24) is 30.2 Å². The molecule has 3 aromatic rings. The van der Waals surface area contributed by atoms with Crippen molar-refractivity contribution in [3.63, 3.8) is 0 Å². The van der Waals surface area contributed by atoms with Crippen LogP contribution in [-0.4, -0.2) is 74.9 Å². The molecule has 10 nitrogen and oxygen atoms in total. The van der Waals surface area contributed by atoms with E-state index in [-0.39, 0.29) is 5.91 Å². The number of rotatable bonds is 9. The summed E-state index contributed by atoms with van der Waals surface area (Å²) in [5.74, 6) is 0.200. The maximum Gasteiger partial charge on any atom is 0.280 e. The number of fused-ring (bicyclic) bond motifs is 1. The zero-order valence-electron chi connectivity index (χ0n) is 20.2. The molecule has 1 amide bonds. The van der Waals surface area contributed by atoms with E-state index in [1.165, 1.54) is 24.2 Å². The van der Waals surface area contributed by atoms with Crippen LogP contribution < -0.4 is 14.8 Å². The normalized spacial score (nSPS) is 20.2. The highest BCUT2D eigenvalue weighted by Gasteiger charge is 2.44. The number of carbonyl (C=O) groups is 1. The van der Waals surface area contributed by atoms with Crippen LogP contribution >= 0.6 is 23.3 Å². The summed E-state index contributed by atoms with van der Waals surface area (Å²) in [6.45, 7) is 4.86. The molecule has 0 aromatic carbocycles. The molecule has 0 radical (unpaired) electrons. The number of likely N-dealkylation sites (tertiary alicyclic amines) is 1. The van der Waals surface area contributed by atoms with Crippen molar-refractivity contribution in [1.29, 1.82) is 0 Å².